The zero-order chi connectivity index (χ0) is 18.4. The van der Waals surface area contributed by atoms with Gasteiger partial charge in [-0.3, -0.25) is 9.59 Å². The van der Waals surface area contributed by atoms with E-state index in [0.717, 1.165) is 16.8 Å². The SMILES string of the molecule is CC.Cc1cc(NC(=O)CC(N)C(C)C)ccc1CO.NC=O. The average Bonchev–Trinajstić information content (AvgIpc) is 2.50. The number of rotatable bonds is 5. The lowest BCUT2D eigenvalue weighted by atomic mass is 10.0. The Hall–Kier alpha value is -1.92. The number of hydrogen-bond donors (Lipinski definition) is 4. The Morgan fingerprint density at radius 3 is 2.26 bits per heavy atom. The van der Waals surface area contributed by atoms with Gasteiger partial charge in [-0.15, -0.1) is 0 Å². The summed E-state index contributed by atoms with van der Waals surface area (Å²) in [6, 6.07) is 5.33. The molecule has 1 rings (SSSR count). The van der Waals surface area contributed by atoms with Gasteiger partial charge in [-0.25, -0.2) is 0 Å². The fraction of sp³-hybridized carbons (Fsp3) is 0.529. The highest BCUT2D eigenvalue weighted by Gasteiger charge is 2.13. The number of aryl methyl sites for hydroxylation is 1. The molecule has 6 N–H and O–H groups in total. The number of aliphatic hydroxyl groups excluding tert-OH is 1. The molecule has 0 aromatic heterocycles. The van der Waals surface area contributed by atoms with Crippen LogP contribution in [-0.2, 0) is 16.2 Å². The van der Waals surface area contributed by atoms with Gasteiger partial charge in [0.25, 0.3) is 0 Å². The maximum Gasteiger partial charge on any atom is 0.225 e. The summed E-state index contributed by atoms with van der Waals surface area (Å²) in [6.07, 6.45) is 0.568. The topological polar surface area (TPSA) is 118 Å². The summed E-state index contributed by atoms with van der Waals surface area (Å²) in [5.74, 6) is 0.210. The molecule has 1 aromatic rings. The van der Waals surface area contributed by atoms with Crippen molar-refractivity contribution in [2.45, 2.75) is 53.7 Å². The standard InChI is InChI=1S/C14H22N2O2.C2H6.CH3NO/c1-9(2)13(15)7-14(18)16-12-5-4-11(8-17)10(3)6-12;1-2;2-1-3/h4-6,9,13,17H,7-8,15H2,1-3H3,(H,16,18);1-2H3;1H,(H2,2,3). The van der Waals surface area contributed by atoms with Crippen LogP contribution < -0.4 is 16.8 Å². The molecule has 6 heteroatoms. The van der Waals surface area contributed by atoms with Crippen molar-refractivity contribution < 1.29 is 14.7 Å². The van der Waals surface area contributed by atoms with Crippen LogP contribution in [0.3, 0.4) is 0 Å². The molecule has 0 aliphatic carbocycles. The zero-order valence-corrected chi connectivity index (χ0v) is 14.8. The van der Waals surface area contributed by atoms with E-state index >= 15 is 0 Å². The van der Waals surface area contributed by atoms with E-state index < -0.39 is 0 Å². The van der Waals surface area contributed by atoms with Crippen molar-refractivity contribution >= 4 is 18.0 Å². The van der Waals surface area contributed by atoms with Gasteiger partial charge in [-0.2, -0.15) is 0 Å². The molecule has 0 heterocycles. The number of primary amides is 1. The quantitative estimate of drug-likeness (QED) is 0.618. The van der Waals surface area contributed by atoms with Crippen molar-refractivity contribution in [3.63, 3.8) is 0 Å². The molecule has 6 nitrogen and oxygen atoms in total. The minimum atomic E-state index is -0.122. The van der Waals surface area contributed by atoms with Crippen molar-refractivity contribution in [1.29, 1.82) is 0 Å². The Morgan fingerprint density at radius 2 is 1.87 bits per heavy atom. The molecular formula is C17H31N3O3. The van der Waals surface area contributed by atoms with Crippen LogP contribution in [0.25, 0.3) is 0 Å². The zero-order valence-electron chi connectivity index (χ0n) is 14.8. The number of benzene rings is 1. The molecule has 0 saturated carbocycles. The van der Waals surface area contributed by atoms with Crippen LogP contribution in [-0.4, -0.2) is 23.5 Å². The summed E-state index contributed by atoms with van der Waals surface area (Å²) in [5.41, 5.74) is 12.6. The Kier molecular flexibility index (Phi) is 13.9. The van der Waals surface area contributed by atoms with Gasteiger partial charge < -0.3 is 21.9 Å². The van der Waals surface area contributed by atoms with E-state index in [1.165, 1.54) is 0 Å². The molecular weight excluding hydrogens is 294 g/mol. The number of aliphatic hydroxyl groups is 1. The van der Waals surface area contributed by atoms with Crippen molar-refractivity contribution in [3.8, 4) is 0 Å². The van der Waals surface area contributed by atoms with E-state index in [-0.39, 0.29) is 30.9 Å². The van der Waals surface area contributed by atoms with Crippen LogP contribution in [0.15, 0.2) is 18.2 Å². The number of anilines is 1. The summed E-state index contributed by atoms with van der Waals surface area (Å²) < 4.78 is 0. The number of carbonyl (C=O) groups is 2. The highest BCUT2D eigenvalue weighted by Crippen LogP contribution is 2.15. The third-order valence-electron chi connectivity index (χ3n) is 3.07. The van der Waals surface area contributed by atoms with E-state index in [0.29, 0.717) is 6.42 Å². The van der Waals surface area contributed by atoms with E-state index in [2.05, 4.69) is 11.1 Å². The molecule has 1 unspecified atom stereocenters. The van der Waals surface area contributed by atoms with Gasteiger partial charge >= 0.3 is 0 Å². The van der Waals surface area contributed by atoms with E-state index in [9.17, 15) is 4.79 Å². The predicted octanol–water partition coefficient (Wildman–Crippen LogP) is 1.93. The largest absolute Gasteiger partial charge is 0.392 e. The fourth-order valence-electron chi connectivity index (χ4n) is 1.61. The lowest BCUT2D eigenvalue weighted by molar-refractivity contribution is -0.116. The summed E-state index contributed by atoms with van der Waals surface area (Å²) in [7, 11) is 0. The molecule has 0 aliphatic heterocycles. The van der Waals surface area contributed by atoms with Gasteiger partial charge in [-0.1, -0.05) is 33.8 Å². The number of amides is 2. The van der Waals surface area contributed by atoms with Crippen LogP contribution in [0.5, 0.6) is 0 Å². The second kappa shape index (κ2) is 13.7. The number of carbonyl (C=O) groups excluding carboxylic acids is 2. The van der Waals surface area contributed by atoms with Crippen LogP contribution >= 0.6 is 0 Å². The monoisotopic (exact) mass is 325 g/mol. The van der Waals surface area contributed by atoms with Gasteiger partial charge in [0.1, 0.15) is 0 Å². The van der Waals surface area contributed by atoms with Gasteiger partial charge in [0.2, 0.25) is 12.3 Å². The summed E-state index contributed by atoms with van der Waals surface area (Å²) in [4.78, 5) is 20.3. The van der Waals surface area contributed by atoms with E-state index in [1.807, 2.05) is 46.8 Å². The summed E-state index contributed by atoms with van der Waals surface area (Å²) in [5, 5.41) is 11.9. The molecule has 0 aliphatic rings. The molecule has 1 atom stereocenters. The molecule has 1 aromatic carbocycles. The van der Waals surface area contributed by atoms with Gasteiger partial charge in [0, 0.05) is 18.2 Å². The molecule has 132 valence electrons. The van der Waals surface area contributed by atoms with Crippen LogP contribution in [0.2, 0.25) is 0 Å². The van der Waals surface area contributed by atoms with Crippen LogP contribution in [0.1, 0.15) is 45.2 Å². The number of nitrogens with one attached hydrogen (secondary N) is 1. The highest BCUT2D eigenvalue weighted by atomic mass is 16.3. The second-order valence-electron chi connectivity index (χ2n) is 5.10. The Morgan fingerprint density at radius 1 is 1.35 bits per heavy atom. The lowest BCUT2D eigenvalue weighted by Crippen LogP contribution is -2.31. The summed E-state index contributed by atoms with van der Waals surface area (Å²) in [6.45, 7) is 9.91. The normalized spacial score (nSPS) is 10.6. The maximum absolute atomic E-state index is 11.8. The molecule has 0 radical (unpaired) electrons. The van der Waals surface area contributed by atoms with Crippen LogP contribution in [0.4, 0.5) is 5.69 Å². The van der Waals surface area contributed by atoms with Gasteiger partial charge in [0.15, 0.2) is 0 Å². The number of hydrogen-bond acceptors (Lipinski definition) is 4. The fourth-order valence-corrected chi connectivity index (χ4v) is 1.61. The first-order chi connectivity index (χ1) is 10.8. The first-order valence-corrected chi connectivity index (χ1v) is 7.76. The third-order valence-corrected chi connectivity index (χ3v) is 3.07. The van der Waals surface area contributed by atoms with E-state index in [4.69, 9.17) is 15.6 Å². The summed E-state index contributed by atoms with van der Waals surface area (Å²) >= 11 is 0. The third kappa shape index (κ3) is 10.4. The van der Waals surface area contributed by atoms with Crippen molar-refractivity contribution in [3.05, 3.63) is 29.3 Å². The van der Waals surface area contributed by atoms with E-state index in [1.54, 1.807) is 6.07 Å². The first kappa shape index (κ1) is 23.3. The average molecular weight is 325 g/mol. The van der Waals surface area contributed by atoms with Gasteiger partial charge in [-0.05, 0) is 36.1 Å². The Bertz CT molecular complexity index is 462. The molecule has 0 saturated heterocycles. The minimum absolute atomic E-state index is 0.0122. The van der Waals surface area contributed by atoms with Crippen molar-refractivity contribution in [1.82, 2.24) is 0 Å². The van der Waals surface area contributed by atoms with Gasteiger partial charge in [0.05, 0.1) is 6.61 Å². The molecule has 23 heavy (non-hydrogen) atoms. The molecule has 0 spiro atoms. The smallest absolute Gasteiger partial charge is 0.225 e. The lowest BCUT2D eigenvalue weighted by Gasteiger charge is -2.15. The van der Waals surface area contributed by atoms with Crippen molar-refractivity contribution in [2.75, 3.05) is 5.32 Å². The van der Waals surface area contributed by atoms with Crippen molar-refractivity contribution in [2.24, 2.45) is 17.4 Å². The predicted molar refractivity (Wildman–Crippen MR) is 94.8 cm³/mol. The Labute approximate surface area is 139 Å². The first-order valence-electron chi connectivity index (χ1n) is 7.76. The molecule has 2 amide bonds. The Balaban J connectivity index is 0. The minimum Gasteiger partial charge on any atom is -0.392 e. The second-order valence-corrected chi connectivity index (χ2v) is 5.10. The highest BCUT2D eigenvalue weighted by molar-refractivity contribution is 5.91. The van der Waals surface area contributed by atoms with Crippen LogP contribution in [0, 0.1) is 12.8 Å². The molecule has 0 bridgehead atoms. The molecule has 0 fully saturated rings. The maximum atomic E-state index is 11.8. The number of nitrogens with two attached hydrogens (primary N) is 2.